The van der Waals surface area contributed by atoms with E-state index in [1.165, 1.54) is 4.31 Å². The van der Waals surface area contributed by atoms with Crippen LogP contribution in [0.15, 0.2) is 18.2 Å². The normalized spacial score (nSPS) is 28.0. The van der Waals surface area contributed by atoms with Crippen molar-refractivity contribution in [3.05, 3.63) is 29.3 Å². The lowest BCUT2D eigenvalue weighted by Crippen LogP contribution is -2.33. The zero-order valence-electron chi connectivity index (χ0n) is 15.3. The molecule has 0 bridgehead atoms. The van der Waals surface area contributed by atoms with Crippen LogP contribution in [0.25, 0.3) is 0 Å². The van der Waals surface area contributed by atoms with Gasteiger partial charge in [0.05, 0.1) is 11.4 Å². The van der Waals surface area contributed by atoms with Gasteiger partial charge in [-0.3, -0.25) is 9.10 Å². The van der Waals surface area contributed by atoms with E-state index in [0.29, 0.717) is 36.1 Å². The number of likely N-dealkylation sites (tertiary alicyclic amines) is 1. The number of aryl methyl sites for hydroxylation is 1. The van der Waals surface area contributed by atoms with Gasteiger partial charge in [0.15, 0.2) is 0 Å². The first-order valence-corrected chi connectivity index (χ1v) is 11.2. The van der Waals surface area contributed by atoms with Crippen LogP contribution in [0.2, 0.25) is 0 Å². The molecule has 0 saturated carbocycles. The summed E-state index contributed by atoms with van der Waals surface area (Å²) in [6.45, 7) is 6.19. The summed E-state index contributed by atoms with van der Waals surface area (Å²) in [5, 5.41) is 3.46. The average molecular weight is 378 g/mol. The number of rotatable bonds is 2. The predicted octanol–water partition coefficient (Wildman–Crippen LogP) is 1.61. The number of fused-ring (bicyclic) bond motifs is 1. The molecule has 3 aliphatic rings. The Hall–Kier alpha value is -1.60. The minimum Gasteiger partial charge on any atom is -0.339 e. The topological polar surface area (TPSA) is 69.7 Å². The zero-order valence-corrected chi connectivity index (χ0v) is 16.1. The minimum atomic E-state index is -3.19. The molecule has 3 aliphatic heterocycles. The maximum Gasteiger partial charge on any atom is 0.254 e. The molecular weight excluding hydrogens is 350 g/mol. The Morgan fingerprint density at radius 1 is 1.12 bits per heavy atom. The number of carbonyl (C=O) groups excluding carboxylic acids is 1. The minimum absolute atomic E-state index is 0.0752. The first-order valence-electron chi connectivity index (χ1n) is 9.57. The molecule has 1 aromatic carbocycles. The number of amides is 1. The van der Waals surface area contributed by atoms with Crippen molar-refractivity contribution in [2.24, 2.45) is 11.8 Å². The van der Waals surface area contributed by atoms with Crippen molar-refractivity contribution in [1.82, 2.24) is 10.2 Å². The van der Waals surface area contributed by atoms with E-state index in [4.69, 9.17) is 0 Å². The molecule has 6 nitrogen and oxygen atoms in total. The van der Waals surface area contributed by atoms with E-state index in [-0.39, 0.29) is 11.7 Å². The van der Waals surface area contributed by atoms with Gasteiger partial charge in [-0.2, -0.15) is 0 Å². The van der Waals surface area contributed by atoms with Crippen molar-refractivity contribution in [1.29, 1.82) is 0 Å². The number of carbonyl (C=O) groups is 1. The van der Waals surface area contributed by atoms with Gasteiger partial charge in [0.1, 0.15) is 0 Å². The van der Waals surface area contributed by atoms with Gasteiger partial charge >= 0.3 is 0 Å². The molecule has 0 radical (unpaired) electrons. The van der Waals surface area contributed by atoms with Crippen molar-refractivity contribution in [3.63, 3.8) is 0 Å². The fourth-order valence-electron chi connectivity index (χ4n) is 4.56. The lowest BCUT2D eigenvalue weighted by molar-refractivity contribution is 0.0758. The molecule has 3 fully saturated rings. The molecule has 0 aromatic heterocycles. The van der Waals surface area contributed by atoms with Crippen molar-refractivity contribution < 1.29 is 13.2 Å². The summed E-state index contributed by atoms with van der Waals surface area (Å²) in [6.07, 6.45) is 2.78. The van der Waals surface area contributed by atoms with Crippen LogP contribution in [0.3, 0.4) is 0 Å². The highest BCUT2D eigenvalue weighted by atomic mass is 32.2. The van der Waals surface area contributed by atoms with Gasteiger partial charge in [-0.15, -0.1) is 0 Å². The first-order chi connectivity index (χ1) is 12.5. The number of hydrogen-bond acceptors (Lipinski definition) is 4. The van der Waals surface area contributed by atoms with Crippen LogP contribution >= 0.6 is 0 Å². The lowest BCUT2D eigenvalue weighted by atomic mass is 9.92. The summed E-state index contributed by atoms with van der Waals surface area (Å²) in [6, 6.07) is 5.42. The lowest BCUT2D eigenvalue weighted by Gasteiger charge is -2.23. The second-order valence-electron chi connectivity index (χ2n) is 7.79. The van der Waals surface area contributed by atoms with E-state index in [1.807, 2.05) is 17.9 Å². The van der Waals surface area contributed by atoms with Crippen LogP contribution in [0.4, 0.5) is 5.69 Å². The van der Waals surface area contributed by atoms with Gasteiger partial charge in [-0.25, -0.2) is 8.42 Å². The Morgan fingerprint density at radius 2 is 1.81 bits per heavy atom. The van der Waals surface area contributed by atoms with Crippen LogP contribution in [0.1, 0.15) is 35.2 Å². The number of anilines is 1. The quantitative estimate of drug-likeness (QED) is 0.850. The molecule has 1 amide bonds. The molecule has 4 rings (SSSR count). The highest BCUT2D eigenvalue weighted by molar-refractivity contribution is 7.93. The second-order valence-corrected chi connectivity index (χ2v) is 9.80. The fourth-order valence-corrected chi connectivity index (χ4v) is 6.12. The molecule has 0 aliphatic carbocycles. The third kappa shape index (κ3) is 3.22. The molecule has 1 N–H and O–H groups in total. The van der Waals surface area contributed by atoms with Gasteiger partial charge in [0.2, 0.25) is 10.0 Å². The summed E-state index contributed by atoms with van der Waals surface area (Å²) >= 11 is 0. The highest BCUT2D eigenvalue weighted by Gasteiger charge is 2.32. The Kier molecular flexibility index (Phi) is 4.69. The molecule has 26 heavy (non-hydrogen) atoms. The van der Waals surface area contributed by atoms with E-state index >= 15 is 0 Å². The van der Waals surface area contributed by atoms with Gasteiger partial charge in [0, 0.05) is 25.2 Å². The highest BCUT2D eigenvalue weighted by Crippen LogP contribution is 2.29. The summed E-state index contributed by atoms with van der Waals surface area (Å²) in [7, 11) is -3.19. The Labute approximate surface area is 155 Å². The summed E-state index contributed by atoms with van der Waals surface area (Å²) < 4.78 is 25.7. The monoisotopic (exact) mass is 377 g/mol. The number of nitrogens with zero attached hydrogens (tertiary/aromatic N) is 2. The molecule has 3 heterocycles. The molecule has 7 heteroatoms. The maximum atomic E-state index is 13.0. The Balaban J connectivity index is 1.51. The van der Waals surface area contributed by atoms with Crippen LogP contribution in [-0.2, 0) is 10.0 Å². The number of nitrogens with one attached hydrogen (secondary N) is 1. The molecule has 1 aromatic rings. The zero-order chi connectivity index (χ0) is 18.3. The average Bonchev–Trinajstić information content (AvgIpc) is 3.14. The predicted molar refractivity (Wildman–Crippen MR) is 102 cm³/mol. The summed E-state index contributed by atoms with van der Waals surface area (Å²) in [4.78, 5) is 15.0. The van der Waals surface area contributed by atoms with Crippen molar-refractivity contribution in [2.45, 2.75) is 26.2 Å². The van der Waals surface area contributed by atoms with E-state index < -0.39 is 10.0 Å². The maximum absolute atomic E-state index is 13.0. The molecule has 3 saturated heterocycles. The van der Waals surface area contributed by atoms with Crippen LogP contribution in [-0.4, -0.2) is 57.7 Å². The fraction of sp³-hybridized carbons (Fsp3) is 0.632. The summed E-state index contributed by atoms with van der Waals surface area (Å²) in [5.41, 5.74) is 2.21. The standard InChI is InChI=1S/C19H27N3O3S/c1-14-11-17(22-7-2-10-26(22,24)25)3-4-18(14)19(23)21-8-5-15-12-20-13-16(15)6-9-21/h3-4,11,15-16,20H,2,5-10,12-13H2,1H3/t15-,16+. The van der Waals surface area contributed by atoms with E-state index in [2.05, 4.69) is 5.32 Å². The molecular formula is C19H27N3O3S. The van der Waals surface area contributed by atoms with Crippen LogP contribution in [0.5, 0.6) is 0 Å². The molecule has 2 atom stereocenters. The van der Waals surface area contributed by atoms with Crippen LogP contribution in [0, 0.1) is 18.8 Å². The van der Waals surface area contributed by atoms with Gasteiger partial charge in [0.25, 0.3) is 5.91 Å². The Morgan fingerprint density at radius 3 is 2.38 bits per heavy atom. The van der Waals surface area contributed by atoms with Gasteiger partial charge in [-0.05, 0) is 74.9 Å². The second kappa shape index (κ2) is 6.85. The number of sulfonamides is 1. The summed E-state index contributed by atoms with van der Waals surface area (Å²) in [5.74, 6) is 1.66. The van der Waals surface area contributed by atoms with Crippen molar-refractivity contribution in [2.75, 3.05) is 42.8 Å². The van der Waals surface area contributed by atoms with Crippen LogP contribution < -0.4 is 9.62 Å². The third-order valence-electron chi connectivity index (χ3n) is 6.13. The first kappa shape index (κ1) is 17.8. The van der Waals surface area contributed by atoms with Gasteiger partial charge in [-0.1, -0.05) is 0 Å². The molecule has 0 unspecified atom stereocenters. The smallest absolute Gasteiger partial charge is 0.254 e. The number of hydrogen-bond donors (Lipinski definition) is 1. The largest absolute Gasteiger partial charge is 0.339 e. The molecule has 142 valence electrons. The third-order valence-corrected chi connectivity index (χ3v) is 8.00. The van der Waals surface area contributed by atoms with E-state index in [1.54, 1.807) is 12.1 Å². The SMILES string of the molecule is Cc1cc(N2CCCS2(=O)=O)ccc1C(=O)N1CC[C@@H]2CNC[C@@H]2CC1. The van der Waals surface area contributed by atoms with Crippen molar-refractivity contribution in [3.8, 4) is 0 Å². The van der Waals surface area contributed by atoms with Crippen molar-refractivity contribution >= 4 is 21.6 Å². The Bertz CT molecular complexity index is 794. The van der Waals surface area contributed by atoms with E-state index in [0.717, 1.165) is 44.6 Å². The molecule has 0 spiro atoms. The van der Waals surface area contributed by atoms with Gasteiger partial charge < -0.3 is 10.2 Å². The van der Waals surface area contributed by atoms with E-state index in [9.17, 15) is 13.2 Å². The number of benzene rings is 1.